The molecular weight excluding hydrogens is 264 g/mol. The van der Waals surface area contributed by atoms with Crippen molar-refractivity contribution in [1.82, 2.24) is 0 Å². The zero-order valence-corrected chi connectivity index (χ0v) is 15.9. The van der Waals surface area contributed by atoms with Crippen molar-refractivity contribution in [2.24, 2.45) is 23.2 Å². The minimum Gasteiger partial charge on any atom is -0.0917 e. The summed E-state index contributed by atoms with van der Waals surface area (Å²) in [5.74, 6) is 2.78. The Morgan fingerprint density at radius 1 is 1.36 bits per heavy atom. The summed E-state index contributed by atoms with van der Waals surface area (Å²) in [4.78, 5) is 0. The molecule has 2 rings (SSSR count). The van der Waals surface area contributed by atoms with Crippen molar-refractivity contribution >= 4 is 0 Å². The Bertz CT molecular complexity index is 502. The van der Waals surface area contributed by atoms with Gasteiger partial charge in [0.2, 0.25) is 0 Å². The van der Waals surface area contributed by atoms with Gasteiger partial charge in [0.05, 0.1) is 0 Å². The van der Waals surface area contributed by atoms with Crippen LogP contribution >= 0.6 is 0 Å². The van der Waals surface area contributed by atoms with Crippen LogP contribution in [0, 0.1) is 23.2 Å². The second-order valence-electron chi connectivity index (χ2n) is 8.26. The standard InChI is InChI=1S/C22H36/c1-8-9-10-15(2)13-16(3)18(5)22(7)19(6)21(22)12-11-20-14-17(20)4/h8-9,15,17,20H,10-14H2,1-7H3. The van der Waals surface area contributed by atoms with Gasteiger partial charge in [-0.25, -0.2) is 0 Å². The molecular formula is C22H36. The Hall–Kier alpha value is -0.780. The van der Waals surface area contributed by atoms with Crippen LogP contribution in [-0.4, -0.2) is 0 Å². The van der Waals surface area contributed by atoms with Crippen LogP contribution in [0.3, 0.4) is 0 Å². The van der Waals surface area contributed by atoms with Gasteiger partial charge in [-0.15, -0.1) is 0 Å². The molecule has 4 atom stereocenters. The van der Waals surface area contributed by atoms with Crippen LogP contribution in [0.2, 0.25) is 0 Å². The van der Waals surface area contributed by atoms with Crippen LogP contribution in [0.25, 0.3) is 0 Å². The van der Waals surface area contributed by atoms with E-state index in [-0.39, 0.29) is 0 Å². The predicted octanol–water partition coefficient (Wildman–Crippen LogP) is 7.09. The third kappa shape index (κ3) is 3.58. The number of hydrogen-bond acceptors (Lipinski definition) is 0. The molecule has 0 aromatic carbocycles. The first-order valence-corrected chi connectivity index (χ1v) is 9.31. The molecule has 0 heteroatoms. The molecule has 2 aliphatic carbocycles. The highest BCUT2D eigenvalue weighted by Gasteiger charge is 2.48. The number of rotatable bonds is 8. The lowest BCUT2D eigenvalue weighted by atomic mass is 9.84. The molecule has 0 heterocycles. The Labute approximate surface area is 138 Å². The van der Waals surface area contributed by atoms with Crippen molar-refractivity contribution in [3.8, 4) is 0 Å². The van der Waals surface area contributed by atoms with Crippen LogP contribution in [0.1, 0.15) is 80.6 Å². The quantitative estimate of drug-likeness (QED) is 0.420. The maximum absolute atomic E-state index is 2.46. The predicted molar refractivity (Wildman–Crippen MR) is 98.9 cm³/mol. The molecule has 0 aliphatic heterocycles. The molecule has 0 spiro atoms. The third-order valence-electron chi connectivity index (χ3n) is 6.60. The van der Waals surface area contributed by atoms with E-state index in [1.807, 2.05) is 0 Å². The lowest BCUT2D eigenvalue weighted by Crippen LogP contribution is -2.07. The number of hydrogen-bond donors (Lipinski definition) is 0. The molecule has 0 amide bonds. The van der Waals surface area contributed by atoms with Gasteiger partial charge in [-0.05, 0) is 84.5 Å². The van der Waals surface area contributed by atoms with E-state index in [0.29, 0.717) is 5.41 Å². The molecule has 124 valence electrons. The summed E-state index contributed by atoms with van der Waals surface area (Å²) in [6, 6.07) is 0. The van der Waals surface area contributed by atoms with Crippen LogP contribution in [0.15, 0.2) is 34.4 Å². The summed E-state index contributed by atoms with van der Waals surface area (Å²) in [5.41, 5.74) is 7.01. The Morgan fingerprint density at radius 2 is 2.00 bits per heavy atom. The fourth-order valence-corrected chi connectivity index (χ4v) is 4.24. The van der Waals surface area contributed by atoms with Gasteiger partial charge in [0.1, 0.15) is 0 Å². The van der Waals surface area contributed by atoms with Gasteiger partial charge in [-0.2, -0.15) is 0 Å². The summed E-state index contributed by atoms with van der Waals surface area (Å²) in [6.07, 6.45) is 11.2. The molecule has 4 unspecified atom stereocenters. The summed E-state index contributed by atoms with van der Waals surface area (Å²) < 4.78 is 0. The van der Waals surface area contributed by atoms with Crippen molar-refractivity contribution in [3.05, 3.63) is 34.4 Å². The van der Waals surface area contributed by atoms with Gasteiger partial charge in [0.15, 0.2) is 0 Å². The van der Waals surface area contributed by atoms with Gasteiger partial charge < -0.3 is 0 Å². The molecule has 0 saturated heterocycles. The first-order chi connectivity index (χ1) is 10.3. The molecule has 0 aromatic rings. The van der Waals surface area contributed by atoms with Gasteiger partial charge in [0, 0.05) is 5.41 Å². The topological polar surface area (TPSA) is 0 Å². The summed E-state index contributed by atoms with van der Waals surface area (Å²) in [7, 11) is 0. The zero-order valence-electron chi connectivity index (χ0n) is 15.9. The molecule has 0 radical (unpaired) electrons. The van der Waals surface area contributed by atoms with Gasteiger partial charge in [-0.1, -0.05) is 48.3 Å². The fourth-order valence-electron chi connectivity index (χ4n) is 4.24. The summed E-state index contributed by atoms with van der Waals surface area (Å²) >= 11 is 0. The second-order valence-corrected chi connectivity index (χ2v) is 8.26. The van der Waals surface area contributed by atoms with E-state index < -0.39 is 0 Å². The van der Waals surface area contributed by atoms with E-state index in [1.165, 1.54) is 32.1 Å². The van der Waals surface area contributed by atoms with Gasteiger partial charge in [-0.3, -0.25) is 0 Å². The van der Waals surface area contributed by atoms with Gasteiger partial charge >= 0.3 is 0 Å². The van der Waals surface area contributed by atoms with Crippen molar-refractivity contribution in [1.29, 1.82) is 0 Å². The molecule has 0 N–H and O–H groups in total. The van der Waals surface area contributed by atoms with Crippen LogP contribution < -0.4 is 0 Å². The van der Waals surface area contributed by atoms with E-state index in [2.05, 4.69) is 60.6 Å². The molecule has 1 saturated carbocycles. The van der Waals surface area contributed by atoms with Crippen molar-refractivity contribution < 1.29 is 0 Å². The smallest absolute Gasteiger partial charge is 0.0304 e. The van der Waals surface area contributed by atoms with E-state index in [0.717, 1.165) is 17.8 Å². The molecule has 0 aromatic heterocycles. The second kappa shape index (κ2) is 6.77. The normalized spacial score (nSPS) is 33.2. The highest BCUT2D eigenvalue weighted by molar-refractivity contribution is 5.56. The molecule has 0 bridgehead atoms. The number of allylic oxidation sites excluding steroid dienone is 6. The lowest BCUT2D eigenvalue weighted by molar-refractivity contribution is 0.567. The molecule has 22 heavy (non-hydrogen) atoms. The van der Waals surface area contributed by atoms with Crippen molar-refractivity contribution in [2.75, 3.05) is 0 Å². The molecule has 2 aliphatic rings. The Balaban J connectivity index is 1.92. The molecule has 0 nitrogen and oxygen atoms in total. The SMILES string of the molecule is CC=CCC(C)CC(C)=C(C)C1(C)C(C)=C1CCC1CC1C. The van der Waals surface area contributed by atoms with Crippen molar-refractivity contribution in [3.63, 3.8) is 0 Å². The van der Waals surface area contributed by atoms with E-state index in [1.54, 1.807) is 22.3 Å². The first-order valence-electron chi connectivity index (χ1n) is 9.31. The third-order valence-corrected chi connectivity index (χ3v) is 6.60. The minimum atomic E-state index is 0.336. The highest BCUT2D eigenvalue weighted by Crippen LogP contribution is 2.60. The van der Waals surface area contributed by atoms with E-state index in [9.17, 15) is 0 Å². The van der Waals surface area contributed by atoms with Crippen LogP contribution in [0.5, 0.6) is 0 Å². The average molecular weight is 301 g/mol. The Kier molecular flexibility index (Phi) is 5.41. The monoisotopic (exact) mass is 300 g/mol. The first kappa shape index (κ1) is 17.6. The lowest BCUT2D eigenvalue weighted by Gasteiger charge is -2.21. The Morgan fingerprint density at radius 3 is 2.55 bits per heavy atom. The largest absolute Gasteiger partial charge is 0.0917 e. The maximum Gasteiger partial charge on any atom is 0.0304 e. The minimum absolute atomic E-state index is 0.336. The van der Waals surface area contributed by atoms with Crippen LogP contribution in [0.4, 0.5) is 0 Å². The van der Waals surface area contributed by atoms with E-state index >= 15 is 0 Å². The van der Waals surface area contributed by atoms with Crippen molar-refractivity contribution in [2.45, 2.75) is 80.6 Å². The van der Waals surface area contributed by atoms with Gasteiger partial charge in [0.25, 0.3) is 0 Å². The highest BCUT2D eigenvalue weighted by atomic mass is 14.5. The average Bonchev–Trinajstić information content (AvgIpc) is 3.32. The maximum atomic E-state index is 2.46. The van der Waals surface area contributed by atoms with E-state index in [4.69, 9.17) is 0 Å². The molecule has 1 fully saturated rings. The fraction of sp³-hybridized carbons (Fsp3) is 0.727. The zero-order chi connectivity index (χ0) is 16.5. The summed E-state index contributed by atoms with van der Waals surface area (Å²) in [6.45, 7) is 16.5. The van der Waals surface area contributed by atoms with Crippen LogP contribution in [-0.2, 0) is 0 Å². The summed E-state index contributed by atoms with van der Waals surface area (Å²) in [5, 5.41) is 0.